The molecule has 1 spiro atoms. The Morgan fingerprint density at radius 3 is 1.01 bits per heavy atom. The Bertz CT molecular complexity index is 6920. The molecule has 5 nitrogen and oxygen atoms in total. The first-order valence-corrected chi connectivity index (χ1v) is 40.3. The SMILES string of the molecule is CC(C)(C)c1cc(-c2ccccc2)c(N(c2ccc(-c3ccccc3)cc2)c2cc(-c3ccc4c(c3)C3(c5ccccc5O4)c4ccccc4-c4ccccc43)cc(N(c3ccc(-c4cc(-c5ccccc5)cc(-c5ccccc5)c4)cc3)c3c(-c4ccccc4)cc(C(C)(C)C)c4oc5ccccc5c34)c2)c2c1oc1ccccc12. The summed E-state index contributed by atoms with van der Waals surface area (Å²) < 4.78 is 22.1. The summed E-state index contributed by atoms with van der Waals surface area (Å²) in [6, 6.07) is 143. The largest absolute Gasteiger partial charge is 0.457 e. The van der Waals surface area contributed by atoms with E-state index in [2.05, 4.69) is 440 Å². The molecule has 0 fully saturated rings. The highest BCUT2D eigenvalue weighted by molar-refractivity contribution is 6.20. The Morgan fingerprint density at radius 2 is 0.569 bits per heavy atom. The molecule has 5 heteroatoms. The molecule has 116 heavy (non-hydrogen) atoms. The molecule has 3 heterocycles. The quantitative estimate of drug-likeness (QED) is 0.115. The Hall–Kier alpha value is -14.3. The number of benzene rings is 17. The predicted molar refractivity (Wildman–Crippen MR) is 483 cm³/mol. The van der Waals surface area contributed by atoms with E-state index >= 15 is 0 Å². The first-order chi connectivity index (χ1) is 56.8. The van der Waals surface area contributed by atoms with E-state index in [1.54, 1.807) is 0 Å². The lowest BCUT2D eigenvalue weighted by atomic mass is 9.66. The van der Waals surface area contributed by atoms with Gasteiger partial charge in [0.05, 0.1) is 27.6 Å². The van der Waals surface area contributed by atoms with Gasteiger partial charge in [0.1, 0.15) is 33.8 Å². The van der Waals surface area contributed by atoms with Gasteiger partial charge in [-0.25, -0.2) is 0 Å². The van der Waals surface area contributed by atoms with Crippen LogP contribution in [0.4, 0.5) is 34.1 Å². The van der Waals surface area contributed by atoms with E-state index in [4.69, 9.17) is 13.6 Å². The van der Waals surface area contributed by atoms with Gasteiger partial charge in [0.2, 0.25) is 0 Å². The third kappa shape index (κ3) is 11.6. The monoisotopic (exact) mass is 1490 g/mol. The number of ether oxygens (including phenoxy) is 1. The number of para-hydroxylation sites is 3. The normalized spacial score (nSPS) is 12.7. The van der Waals surface area contributed by atoms with Crippen LogP contribution in [0.15, 0.2) is 397 Å². The Labute approximate surface area is 676 Å². The lowest BCUT2D eigenvalue weighted by Gasteiger charge is -2.39. The summed E-state index contributed by atoms with van der Waals surface area (Å²) in [5.74, 6) is 1.65. The van der Waals surface area contributed by atoms with Gasteiger partial charge in [-0.1, -0.05) is 327 Å². The van der Waals surface area contributed by atoms with Gasteiger partial charge in [0, 0.05) is 66.9 Å². The molecule has 0 unspecified atom stereocenters. The number of furan rings is 2. The summed E-state index contributed by atoms with van der Waals surface area (Å²) in [6.07, 6.45) is 0. The molecule has 1 aliphatic heterocycles. The van der Waals surface area contributed by atoms with Crippen molar-refractivity contribution in [3.63, 3.8) is 0 Å². The van der Waals surface area contributed by atoms with Crippen LogP contribution >= 0.6 is 0 Å². The molecule has 0 N–H and O–H groups in total. The molecule has 2 aromatic heterocycles. The summed E-state index contributed by atoms with van der Waals surface area (Å²) in [5.41, 5.74) is 32.1. The van der Waals surface area contributed by atoms with E-state index in [9.17, 15) is 0 Å². The van der Waals surface area contributed by atoms with E-state index in [1.165, 1.54) is 22.3 Å². The van der Waals surface area contributed by atoms with Crippen LogP contribution in [0.2, 0.25) is 0 Å². The van der Waals surface area contributed by atoms with Crippen molar-refractivity contribution < 1.29 is 13.6 Å². The fourth-order valence-electron chi connectivity index (χ4n) is 18.5. The molecule has 0 saturated carbocycles. The third-order valence-electron chi connectivity index (χ3n) is 23.9. The summed E-state index contributed by atoms with van der Waals surface area (Å²) >= 11 is 0. The smallest absolute Gasteiger partial charge is 0.141 e. The second-order valence-electron chi connectivity index (χ2n) is 33.0. The Morgan fingerprint density at radius 1 is 0.233 bits per heavy atom. The molecule has 554 valence electrons. The van der Waals surface area contributed by atoms with Crippen molar-refractivity contribution >= 4 is 78.0 Å². The standard InChI is InChI=1S/C111H82N2O3/c1-109(2,3)97-69-91(76-38-18-10-19-39-76)105(103-89-44-24-29-49-99(89)115-107(97)103)112(83-57-52-74(53-58-83)71-32-12-7-13-33-71)85-65-82(78-56-61-102-96(67-78)111(95-48-28-31-51-101(95)114-102)93-46-26-22-42-87(93)88-43-23-27-47-94(88)111)66-86(68-85)113(106-92(77-40-20-11-21-41-77)70-98(110(4,5)6)108-104(106)90-45-25-30-50-100(90)116-108)84-59-54-75(55-60-84)81-63-79(72-34-14-8-15-35-72)62-80(64-81)73-36-16-9-17-37-73/h7-70H,1-6H3. The van der Waals surface area contributed by atoms with Gasteiger partial charge in [-0.3, -0.25) is 0 Å². The summed E-state index contributed by atoms with van der Waals surface area (Å²) in [4.78, 5) is 5.09. The second kappa shape index (κ2) is 27.5. The number of hydrogen-bond acceptors (Lipinski definition) is 5. The van der Waals surface area contributed by atoms with E-state index < -0.39 is 5.41 Å². The molecule has 0 amide bonds. The molecule has 21 rings (SSSR count). The van der Waals surface area contributed by atoms with Crippen LogP contribution in [0.3, 0.4) is 0 Å². The fraction of sp³-hybridized carbons (Fsp3) is 0.0811. The van der Waals surface area contributed by atoms with Crippen LogP contribution in [0.25, 0.3) is 133 Å². The molecule has 0 atom stereocenters. The maximum Gasteiger partial charge on any atom is 0.141 e. The molecule has 0 bridgehead atoms. The number of rotatable bonds is 13. The Balaban J connectivity index is 0.911. The molecular weight excluding hydrogens is 1410 g/mol. The predicted octanol–water partition coefficient (Wildman–Crippen LogP) is 31.2. The number of hydrogen-bond donors (Lipinski definition) is 0. The summed E-state index contributed by atoms with van der Waals surface area (Å²) in [5, 5.41) is 4.07. The van der Waals surface area contributed by atoms with Crippen molar-refractivity contribution in [3.8, 4) is 101 Å². The van der Waals surface area contributed by atoms with E-state index in [0.29, 0.717) is 0 Å². The van der Waals surface area contributed by atoms with Gasteiger partial charge in [-0.2, -0.15) is 0 Å². The van der Waals surface area contributed by atoms with Crippen LogP contribution in [0.5, 0.6) is 11.5 Å². The third-order valence-corrected chi connectivity index (χ3v) is 23.9. The maximum absolute atomic E-state index is 7.42. The summed E-state index contributed by atoms with van der Waals surface area (Å²) in [6.45, 7) is 13.8. The molecule has 2 aliphatic rings. The first-order valence-electron chi connectivity index (χ1n) is 40.3. The van der Waals surface area contributed by atoms with Crippen molar-refractivity contribution in [1.82, 2.24) is 0 Å². The van der Waals surface area contributed by atoms with Crippen molar-refractivity contribution in [2.75, 3.05) is 9.80 Å². The molecule has 0 saturated heterocycles. The van der Waals surface area contributed by atoms with Crippen molar-refractivity contribution in [3.05, 3.63) is 422 Å². The zero-order chi connectivity index (χ0) is 78.0. The minimum absolute atomic E-state index is 0.343. The summed E-state index contributed by atoms with van der Waals surface area (Å²) in [7, 11) is 0. The molecular formula is C111H82N2O3. The highest BCUT2D eigenvalue weighted by atomic mass is 16.5. The van der Waals surface area contributed by atoms with Crippen LogP contribution in [0, 0.1) is 0 Å². The number of nitrogens with zero attached hydrogens (tertiary/aromatic N) is 2. The highest BCUT2D eigenvalue weighted by Crippen LogP contribution is 2.64. The average molecular weight is 1490 g/mol. The van der Waals surface area contributed by atoms with Gasteiger partial charge in [0.15, 0.2) is 0 Å². The highest BCUT2D eigenvalue weighted by Gasteiger charge is 2.51. The second-order valence-corrected chi connectivity index (χ2v) is 33.0. The van der Waals surface area contributed by atoms with Crippen LogP contribution in [-0.4, -0.2) is 0 Å². The molecule has 19 aromatic rings. The van der Waals surface area contributed by atoms with E-state index in [1.807, 2.05) is 0 Å². The molecule has 0 radical (unpaired) electrons. The van der Waals surface area contributed by atoms with Gasteiger partial charge >= 0.3 is 0 Å². The van der Waals surface area contributed by atoms with Gasteiger partial charge in [0.25, 0.3) is 0 Å². The molecule has 17 aromatic carbocycles. The van der Waals surface area contributed by atoms with Crippen molar-refractivity contribution in [1.29, 1.82) is 0 Å². The van der Waals surface area contributed by atoms with Gasteiger partial charge in [-0.15, -0.1) is 0 Å². The topological polar surface area (TPSA) is 42.0 Å². The van der Waals surface area contributed by atoms with Crippen LogP contribution in [0.1, 0.15) is 74.9 Å². The number of anilines is 6. The Kier molecular flexibility index (Phi) is 16.5. The minimum Gasteiger partial charge on any atom is -0.457 e. The van der Waals surface area contributed by atoms with Crippen LogP contribution in [-0.2, 0) is 16.2 Å². The average Bonchev–Trinajstić information content (AvgIpc) is 1.47. The fourth-order valence-corrected chi connectivity index (χ4v) is 18.5. The van der Waals surface area contributed by atoms with Gasteiger partial charge < -0.3 is 23.4 Å². The number of fused-ring (bicyclic) bond motifs is 15. The minimum atomic E-state index is -0.753. The van der Waals surface area contributed by atoms with Crippen molar-refractivity contribution in [2.45, 2.75) is 57.8 Å². The van der Waals surface area contributed by atoms with E-state index in [-0.39, 0.29) is 10.8 Å². The zero-order valence-electron chi connectivity index (χ0n) is 65.6. The lowest BCUT2D eigenvalue weighted by Crippen LogP contribution is -2.32. The van der Waals surface area contributed by atoms with Crippen molar-refractivity contribution in [2.24, 2.45) is 0 Å². The molecule has 1 aliphatic carbocycles. The van der Waals surface area contributed by atoms with E-state index in [0.717, 1.165) is 190 Å². The van der Waals surface area contributed by atoms with Gasteiger partial charge in [-0.05, 0) is 203 Å². The van der Waals surface area contributed by atoms with Crippen LogP contribution < -0.4 is 14.5 Å². The lowest BCUT2D eigenvalue weighted by molar-refractivity contribution is 0.436. The zero-order valence-corrected chi connectivity index (χ0v) is 65.6. The maximum atomic E-state index is 7.42. The first kappa shape index (κ1) is 69.7.